The van der Waals surface area contributed by atoms with Gasteiger partial charge in [0.15, 0.2) is 0 Å². The van der Waals surface area contributed by atoms with Gasteiger partial charge >= 0.3 is 5.97 Å². The van der Waals surface area contributed by atoms with E-state index >= 15 is 0 Å². The largest absolute Gasteiger partial charge is 0.492 e. The summed E-state index contributed by atoms with van der Waals surface area (Å²) in [6.45, 7) is 2.19. The molecule has 0 aliphatic rings. The molecule has 15 heavy (non-hydrogen) atoms. The Morgan fingerprint density at radius 1 is 1.60 bits per heavy atom. The van der Waals surface area contributed by atoms with E-state index < -0.39 is 5.97 Å². The summed E-state index contributed by atoms with van der Waals surface area (Å²) in [7, 11) is 0. The van der Waals surface area contributed by atoms with Gasteiger partial charge < -0.3 is 9.84 Å². The Kier molecular flexibility index (Phi) is 3.60. The van der Waals surface area contributed by atoms with Gasteiger partial charge in [-0.25, -0.2) is 9.59 Å². The van der Waals surface area contributed by atoms with Crippen molar-refractivity contribution in [2.24, 2.45) is 4.99 Å². The van der Waals surface area contributed by atoms with Crippen molar-refractivity contribution in [2.45, 2.75) is 6.92 Å². The fourth-order valence-electron chi connectivity index (χ4n) is 1.06. The number of carboxylic acid groups (broad SMARTS) is 1. The Labute approximate surface area is 86.0 Å². The van der Waals surface area contributed by atoms with Crippen LogP contribution in [0.1, 0.15) is 17.3 Å². The molecule has 0 bridgehead atoms. The van der Waals surface area contributed by atoms with E-state index in [1.54, 1.807) is 6.92 Å². The average Bonchev–Trinajstić information content (AvgIpc) is 2.21. The van der Waals surface area contributed by atoms with Crippen molar-refractivity contribution < 1.29 is 19.4 Å². The summed E-state index contributed by atoms with van der Waals surface area (Å²) in [4.78, 5) is 24.1. The highest BCUT2D eigenvalue weighted by atomic mass is 16.5. The molecule has 1 aromatic rings. The monoisotopic (exact) mass is 207 g/mol. The highest BCUT2D eigenvalue weighted by molar-refractivity contribution is 5.89. The number of hydrogen-bond donors (Lipinski definition) is 1. The van der Waals surface area contributed by atoms with Gasteiger partial charge in [-0.1, -0.05) is 0 Å². The predicted molar refractivity (Wildman–Crippen MR) is 52.4 cm³/mol. The second-order valence-corrected chi connectivity index (χ2v) is 2.62. The zero-order valence-corrected chi connectivity index (χ0v) is 8.06. The second kappa shape index (κ2) is 4.93. The number of rotatable bonds is 4. The topological polar surface area (TPSA) is 76.0 Å². The van der Waals surface area contributed by atoms with Gasteiger partial charge in [0, 0.05) is 0 Å². The summed E-state index contributed by atoms with van der Waals surface area (Å²) in [6, 6.07) is 4.11. The number of aromatic carboxylic acids is 1. The third kappa shape index (κ3) is 2.65. The first kappa shape index (κ1) is 10.9. The van der Waals surface area contributed by atoms with Crippen LogP contribution < -0.4 is 4.74 Å². The molecule has 0 unspecified atom stereocenters. The maximum absolute atomic E-state index is 10.6. The van der Waals surface area contributed by atoms with Gasteiger partial charge in [-0.15, -0.1) is 0 Å². The first-order chi connectivity index (χ1) is 7.19. The number of aliphatic imine (C=N–C) groups is 1. The van der Waals surface area contributed by atoms with Crippen LogP contribution in [0.25, 0.3) is 0 Å². The summed E-state index contributed by atoms with van der Waals surface area (Å²) < 4.78 is 5.16. The van der Waals surface area contributed by atoms with Gasteiger partial charge in [-0.2, -0.15) is 4.99 Å². The van der Waals surface area contributed by atoms with Gasteiger partial charge in [-0.05, 0) is 25.1 Å². The number of carboxylic acids is 1. The van der Waals surface area contributed by atoms with Crippen LogP contribution in [0.4, 0.5) is 5.69 Å². The number of carbonyl (C=O) groups excluding carboxylic acids is 1. The van der Waals surface area contributed by atoms with Gasteiger partial charge in [0.25, 0.3) is 0 Å². The van der Waals surface area contributed by atoms with Crippen molar-refractivity contribution in [1.29, 1.82) is 0 Å². The molecule has 0 radical (unpaired) electrons. The fourth-order valence-corrected chi connectivity index (χ4v) is 1.06. The molecule has 1 N–H and O–H groups in total. The minimum Gasteiger partial charge on any atom is -0.492 e. The van der Waals surface area contributed by atoms with Crippen LogP contribution >= 0.6 is 0 Å². The molecule has 0 aliphatic carbocycles. The highest BCUT2D eigenvalue weighted by Crippen LogP contribution is 2.28. The molecule has 0 atom stereocenters. The predicted octanol–water partition coefficient (Wildman–Crippen LogP) is 1.75. The van der Waals surface area contributed by atoms with Gasteiger partial charge in [-0.3, -0.25) is 0 Å². The molecule has 78 valence electrons. The standard InChI is InChI=1S/C10H9NO4/c1-2-15-9-4-3-7(10(13)14)5-8(9)11-6-12/h3-5H,2H2,1H3,(H,13,14). The Hall–Kier alpha value is -2.13. The number of ether oxygens (including phenoxy) is 1. The van der Waals surface area contributed by atoms with E-state index in [0.29, 0.717) is 12.4 Å². The molecule has 0 spiro atoms. The summed E-state index contributed by atoms with van der Waals surface area (Å²) in [5, 5.41) is 8.72. The summed E-state index contributed by atoms with van der Waals surface area (Å²) in [5.41, 5.74) is 0.221. The van der Waals surface area contributed by atoms with Gasteiger partial charge in [0.2, 0.25) is 6.08 Å². The SMILES string of the molecule is CCOc1ccc(C(=O)O)cc1N=C=O. The van der Waals surface area contributed by atoms with Gasteiger partial charge in [0.05, 0.1) is 12.2 Å². The van der Waals surface area contributed by atoms with E-state index in [-0.39, 0.29) is 11.3 Å². The van der Waals surface area contributed by atoms with Crippen LogP contribution in [0.5, 0.6) is 5.75 Å². The van der Waals surface area contributed by atoms with Crippen LogP contribution in [0.15, 0.2) is 23.2 Å². The zero-order valence-electron chi connectivity index (χ0n) is 8.06. The molecule has 0 saturated heterocycles. The number of carbonyl (C=O) groups is 1. The third-order valence-electron chi connectivity index (χ3n) is 1.67. The molecule has 1 aromatic carbocycles. The summed E-state index contributed by atoms with van der Waals surface area (Å²) >= 11 is 0. The van der Waals surface area contributed by atoms with E-state index in [0.717, 1.165) is 0 Å². The lowest BCUT2D eigenvalue weighted by Gasteiger charge is -2.05. The molecule has 5 heteroatoms. The van der Waals surface area contributed by atoms with Crippen LogP contribution in [0.2, 0.25) is 0 Å². The molecular formula is C10H9NO4. The number of hydrogen-bond acceptors (Lipinski definition) is 4. The normalized spacial score (nSPS) is 9.13. The van der Waals surface area contributed by atoms with Crippen molar-refractivity contribution in [3.05, 3.63) is 23.8 Å². The maximum atomic E-state index is 10.6. The van der Waals surface area contributed by atoms with Crippen molar-refractivity contribution >= 4 is 17.7 Å². The molecule has 0 amide bonds. The van der Waals surface area contributed by atoms with Crippen LogP contribution in [-0.4, -0.2) is 23.8 Å². The van der Waals surface area contributed by atoms with Crippen molar-refractivity contribution in [1.82, 2.24) is 0 Å². The lowest BCUT2D eigenvalue weighted by atomic mass is 10.2. The maximum Gasteiger partial charge on any atom is 0.335 e. The Morgan fingerprint density at radius 2 is 2.33 bits per heavy atom. The molecule has 0 heterocycles. The third-order valence-corrected chi connectivity index (χ3v) is 1.67. The molecule has 0 saturated carbocycles. The molecule has 0 aliphatic heterocycles. The fraction of sp³-hybridized carbons (Fsp3) is 0.200. The van der Waals surface area contributed by atoms with E-state index in [1.165, 1.54) is 24.3 Å². The summed E-state index contributed by atoms with van der Waals surface area (Å²) in [5.74, 6) is -0.716. The minimum absolute atomic E-state index is 0.0486. The Bertz CT molecular complexity index is 421. The lowest BCUT2D eigenvalue weighted by molar-refractivity contribution is 0.0697. The van der Waals surface area contributed by atoms with Crippen LogP contribution in [-0.2, 0) is 4.79 Å². The quantitative estimate of drug-likeness (QED) is 0.602. The van der Waals surface area contributed by atoms with Crippen molar-refractivity contribution in [3.8, 4) is 5.75 Å². The number of benzene rings is 1. The molecule has 0 fully saturated rings. The number of isocyanates is 1. The zero-order chi connectivity index (χ0) is 11.3. The Morgan fingerprint density at radius 3 is 2.87 bits per heavy atom. The van der Waals surface area contributed by atoms with E-state index in [9.17, 15) is 9.59 Å². The molecule has 0 aromatic heterocycles. The minimum atomic E-state index is -1.08. The smallest absolute Gasteiger partial charge is 0.335 e. The van der Waals surface area contributed by atoms with Crippen LogP contribution in [0, 0.1) is 0 Å². The van der Waals surface area contributed by atoms with E-state index in [4.69, 9.17) is 9.84 Å². The molecular weight excluding hydrogens is 198 g/mol. The van der Waals surface area contributed by atoms with E-state index in [1.807, 2.05) is 0 Å². The first-order valence-electron chi connectivity index (χ1n) is 4.27. The number of nitrogens with zero attached hydrogens (tertiary/aromatic N) is 1. The van der Waals surface area contributed by atoms with Gasteiger partial charge in [0.1, 0.15) is 11.4 Å². The summed E-state index contributed by atoms with van der Waals surface area (Å²) in [6.07, 6.45) is 1.35. The van der Waals surface area contributed by atoms with E-state index in [2.05, 4.69) is 4.99 Å². The average molecular weight is 207 g/mol. The highest BCUT2D eigenvalue weighted by Gasteiger charge is 2.08. The van der Waals surface area contributed by atoms with Crippen LogP contribution in [0.3, 0.4) is 0 Å². The van der Waals surface area contributed by atoms with Crippen molar-refractivity contribution in [2.75, 3.05) is 6.61 Å². The lowest BCUT2D eigenvalue weighted by Crippen LogP contribution is -1.97. The first-order valence-corrected chi connectivity index (χ1v) is 4.27. The Balaban J connectivity index is 3.19. The molecule has 1 rings (SSSR count). The second-order valence-electron chi connectivity index (χ2n) is 2.62. The van der Waals surface area contributed by atoms with Crippen molar-refractivity contribution in [3.63, 3.8) is 0 Å². The molecule has 5 nitrogen and oxygen atoms in total.